The number of likely N-dealkylation sites (N-methyl/N-ethyl adjacent to an activating group) is 1. The summed E-state index contributed by atoms with van der Waals surface area (Å²) in [7, 11) is 3.19. The van der Waals surface area contributed by atoms with E-state index in [4.69, 9.17) is 16.3 Å². The van der Waals surface area contributed by atoms with E-state index in [1.54, 1.807) is 26.3 Å². The second-order valence-electron chi connectivity index (χ2n) is 5.58. The van der Waals surface area contributed by atoms with E-state index in [9.17, 15) is 14.7 Å². The molecule has 1 saturated heterocycles. The number of carboxylic acids is 1. The SMILES string of the molecule is COc1ccccc1C=C1SC(=Nc2ccc(Cl)c(C(=O)O)c2)N(C)C1=O. The van der Waals surface area contributed by atoms with Gasteiger partial charge in [-0.15, -0.1) is 0 Å². The predicted molar refractivity (Wildman–Crippen MR) is 107 cm³/mol. The van der Waals surface area contributed by atoms with Crippen LogP contribution in [0.3, 0.4) is 0 Å². The quantitative estimate of drug-likeness (QED) is 0.772. The molecule has 27 heavy (non-hydrogen) atoms. The Bertz CT molecular complexity index is 987. The Morgan fingerprint density at radius 3 is 2.74 bits per heavy atom. The van der Waals surface area contributed by atoms with Crippen molar-refractivity contribution in [1.29, 1.82) is 0 Å². The lowest BCUT2D eigenvalue weighted by atomic mass is 10.2. The number of aliphatic imine (C=N–C) groups is 1. The van der Waals surface area contributed by atoms with Gasteiger partial charge in [-0.2, -0.15) is 0 Å². The second kappa shape index (κ2) is 7.85. The number of thioether (sulfide) groups is 1. The predicted octanol–water partition coefficient (Wildman–Crippen LogP) is 4.28. The van der Waals surface area contributed by atoms with E-state index < -0.39 is 5.97 Å². The van der Waals surface area contributed by atoms with Gasteiger partial charge < -0.3 is 9.84 Å². The summed E-state index contributed by atoms with van der Waals surface area (Å²) in [6.45, 7) is 0. The first kappa shape index (κ1) is 19.0. The highest BCUT2D eigenvalue weighted by Gasteiger charge is 2.30. The second-order valence-corrected chi connectivity index (χ2v) is 7.00. The molecule has 1 aliphatic heterocycles. The van der Waals surface area contributed by atoms with Gasteiger partial charge in [-0.25, -0.2) is 9.79 Å². The molecule has 2 aromatic rings. The molecule has 0 atom stereocenters. The van der Waals surface area contributed by atoms with Crippen LogP contribution in [0.25, 0.3) is 6.08 Å². The number of amidine groups is 1. The largest absolute Gasteiger partial charge is 0.496 e. The van der Waals surface area contributed by atoms with Crippen molar-refractivity contribution >= 4 is 52.2 Å². The lowest BCUT2D eigenvalue weighted by molar-refractivity contribution is -0.121. The Labute approximate surface area is 165 Å². The van der Waals surface area contributed by atoms with Gasteiger partial charge in [0.1, 0.15) is 5.75 Å². The maximum Gasteiger partial charge on any atom is 0.337 e. The molecule has 6 nitrogen and oxygen atoms in total. The van der Waals surface area contributed by atoms with Crippen molar-refractivity contribution < 1.29 is 19.4 Å². The molecule has 2 aromatic carbocycles. The number of para-hydroxylation sites is 1. The highest BCUT2D eigenvalue weighted by Crippen LogP contribution is 2.35. The minimum Gasteiger partial charge on any atom is -0.496 e. The molecule has 1 N–H and O–H groups in total. The van der Waals surface area contributed by atoms with Crippen molar-refractivity contribution in [2.45, 2.75) is 0 Å². The van der Waals surface area contributed by atoms with Gasteiger partial charge in [0.15, 0.2) is 5.17 Å². The lowest BCUT2D eigenvalue weighted by Crippen LogP contribution is -2.23. The van der Waals surface area contributed by atoms with Gasteiger partial charge >= 0.3 is 5.97 Å². The first-order valence-electron chi connectivity index (χ1n) is 7.83. The number of carbonyl (C=O) groups excluding carboxylic acids is 1. The fourth-order valence-electron chi connectivity index (χ4n) is 2.44. The van der Waals surface area contributed by atoms with Crippen LogP contribution >= 0.6 is 23.4 Å². The fourth-order valence-corrected chi connectivity index (χ4v) is 3.61. The van der Waals surface area contributed by atoms with Crippen molar-refractivity contribution in [2.75, 3.05) is 14.2 Å². The van der Waals surface area contributed by atoms with E-state index in [2.05, 4.69) is 4.99 Å². The molecule has 1 heterocycles. The molecule has 8 heteroatoms. The summed E-state index contributed by atoms with van der Waals surface area (Å²) >= 11 is 7.09. The summed E-state index contributed by atoms with van der Waals surface area (Å²) in [6.07, 6.45) is 1.75. The molecule has 0 unspecified atom stereocenters. The summed E-state index contributed by atoms with van der Waals surface area (Å²) in [6, 6.07) is 11.8. The first-order valence-corrected chi connectivity index (χ1v) is 9.02. The number of carbonyl (C=O) groups is 2. The Balaban J connectivity index is 1.94. The third-order valence-electron chi connectivity index (χ3n) is 3.83. The molecular weight excluding hydrogens is 388 g/mol. The highest BCUT2D eigenvalue weighted by atomic mass is 35.5. The average Bonchev–Trinajstić information content (AvgIpc) is 2.91. The van der Waals surface area contributed by atoms with Crippen LogP contribution in [0.1, 0.15) is 15.9 Å². The molecule has 1 aliphatic rings. The number of hydrogen-bond acceptors (Lipinski definition) is 5. The van der Waals surface area contributed by atoms with E-state index in [0.717, 1.165) is 5.56 Å². The number of aromatic carboxylic acids is 1. The third kappa shape index (κ3) is 3.99. The average molecular weight is 403 g/mol. The van der Waals surface area contributed by atoms with Crippen LogP contribution in [-0.2, 0) is 4.79 Å². The number of amides is 1. The summed E-state index contributed by atoms with van der Waals surface area (Å²) in [4.78, 5) is 30.1. The van der Waals surface area contributed by atoms with Crippen molar-refractivity contribution in [3.05, 3.63) is 63.5 Å². The van der Waals surface area contributed by atoms with Crippen LogP contribution in [0.2, 0.25) is 5.02 Å². The molecular formula is C19H15ClN2O4S. The number of hydrogen-bond donors (Lipinski definition) is 1. The van der Waals surface area contributed by atoms with E-state index >= 15 is 0 Å². The Morgan fingerprint density at radius 2 is 2.04 bits per heavy atom. The topological polar surface area (TPSA) is 79.2 Å². The van der Waals surface area contributed by atoms with Gasteiger partial charge in [0, 0.05) is 12.6 Å². The first-order chi connectivity index (χ1) is 12.9. The number of nitrogens with zero attached hydrogens (tertiary/aromatic N) is 2. The molecule has 0 saturated carbocycles. The van der Waals surface area contributed by atoms with Crippen LogP contribution < -0.4 is 4.74 Å². The van der Waals surface area contributed by atoms with Gasteiger partial charge in [0.25, 0.3) is 5.91 Å². The van der Waals surface area contributed by atoms with Crippen LogP contribution in [0, 0.1) is 0 Å². The maximum absolute atomic E-state index is 12.5. The summed E-state index contributed by atoms with van der Waals surface area (Å²) in [5.74, 6) is -0.672. The summed E-state index contributed by atoms with van der Waals surface area (Å²) < 4.78 is 5.31. The zero-order valence-corrected chi connectivity index (χ0v) is 16.0. The Morgan fingerprint density at radius 1 is 1.30 bits per heavy atom. The standard InChI is InChI=1S/C19H15ClN2O4S/c1-22-17(23)16(9-11-5-3-4-6-15(11)26-2)27-19(22)21-12-7-8-14(20)13(10-12)18(24)25/h3-10H,1-2H3,(H,24,25). The van der Waals surface area contributed by atoms with Crippen LogP contribution in [0.5, 0.6) is 5.75 Å². The molecule has 0 bridgehead atoms. The molecule has 0 aliphatic carbocycles. The summed E-state index contributed by atoms with van der Waals surface area (Å²) in [5, 5.41) is 9.75. The smallest absolute Gasteiger partial charge is 0.337 e. The highest BCUT2D eigenvalue weighted by molar-refractivity contribution is 8.18. The van der Waals surface area contributed by atoms with Crippen LogP contribution in [-0.4, -0.2) is 41.2 Å². The van der Waals surface area contributed by atoms with E-state index in [0.29, 0.717) is 21.5 Å². The van der Waals surface area contributed by atoms with Crippen molar-refractivity contribution in [3.8, 4) is 5.75 Å². The number of ether oxygens (including phenoxy) is 1. The summed E-state index contributed by atoms with van der Waals surface area (Å²) in [5.41, 5.74) is 1.14. The van der Waals surface area contributed by atoms with Crippen molar-refractivity contribution in [2.24, 2.45) is 4.99 Å². The zero-order chi connectivity index (χ0) is 19.6. The zero-order valence-electron chi connectivity index (χ0n) is 14.5. The normalized spacial score (nSPS) is 17.0. The minimum atomic E-state index is -1.14. The molecule has 1 fully saturated rings. The fraction of sp³-hybridized carbons (Fsp3) is 0.105. The molecule has 3 rings (SSSR count). The molecule has 0 aromatic heterocycles. The van der Waals surface area contributed by atoms with E-state index in [1.807, 2.05) is 24.3 Å². The molecule has 138 valence electrons. The number of rotatable bonds is 4. The van der Waals surface area contributed by atoms with Gasteiger partial charge in [0.05, 0.1) is 28.3 Å². The van der Waals surface area contributed by atoms with Crippen LogP contribution in [0.15, 0.2) is 52.4 Å². The van der Waals surface area contributed by atoms with Crippen LogP contribution in [0.4, 0.5) is 5.69 Å². The lowest BCUT2D eigenvalue weighted by Gasteiger charge is -2.07. The van der Waals surface area contributed by atoms with E-state index in [1.165, 1.54) is 28.8 Å². The van der Waals surface area contributed by atoms with Gasteiger partial charge in [0.2, 0.25) is 0 Å². The van der Waals surface area contributed by atoms with Crippen molar-refractivity contribution in [3.63, 3.8) is 0 Å². The van der Waals surface area contributed by atoms with Gasteiger partial charge in [-0.3, -0.25) is 9.69 Å². The number of benzene rings is 2. The van der Waals surface area contributed by atoms with Crippen molar-refractivity contribution in [1.82, 2.24) is 4.90 Å². The molecule has 0 spiro atoms. The Kier molecular flexibility index (Phi) is 5.53. The molecule has 0 radical (unpaired) electrons. The number of methoxy groups -OCH3 is 1. The Hall–Kier alpha value is -2.77. The van der Waals surface area contributed by atoms with Gasteiger partial charge in [-0.1, -0.05) is 29.8 Å². The third-order valence-corrected chi connectivity index (χ3v) is 5.22. The number of halogens is 1. The number of carboxylic acid groups (broad SMARTS) is 1. The minimum absolute atomic E-state index is 0.0414. The van der Waals surface area contributed by atoms with Gasteiger partial charge in [-0.05, 0) is 42.1 Å². The molecule has 1 amide bonds. The maximum atomic E-state index is 12.5. The van der Waals surface area contributed by atoms with E-state index in [-0.39, 0.29) is 16.5 Å². The monoisotopic (exact) mass is 402 g/mol.